The van der Waals surface area contributed by atoms with Crippen LogP contribution in [0.1, 0.15) is 5.76 Å². The fourth-order valence-electron chi connectivity index (χ4n) is 2.78. The normalized spacial score (nSPS) is 11.0. The van der Waals surface area contributed by atoms with Crippen molar-refractivity contribution in [1.29, 1.82) is 0 Å². The van der Waals surface area contributed by atoms with Crippen molar-refractivity contribution in [3.05, 3.63) is 64.8 Å². The molecule has 0 aliphatic carbocycles. The standard InChI is InChI=1S/C19H14BrN3O2/c1-11-18(19(23-25-11)12-5-3-2-4-6-12)16-10-15(21-22-16)14-9-13(20)7-8-17(14)24/h2-10,24H,1H3,(H,21,22). The largest absolute Gasteiger partial charge is 0.507 e. The van der Waals surface area contributed by atoms with Gasteiger partial charge < -0.3 is 9.63 Å². The van der Waals surface area contributed by atoms with E-state index in [0.29, 0.717) is 17.0 Å². The number of hydrogen-bond acceptors (Lipinski definition) is 4. The molecular formula is C19H14BrN3O2. The van der Waals surface area contributed by atoms with E-state index in [1.807, 2.05) is 49.4 Å². The molecule has 0 spiro atoms. The molecular weight excluding hydrogens is 382 g/mol. The Balaban J connectivity index is 1.82. The van der Waals surface area contributed by atoms with Crippen molar-refractivity contribution in [3.8, 4) is 39.5 Å². The number of phenolic OH excluding ortho intramolecular Hbond substituents is 1. The zero-order valence-corrected chi connectivity index (χ0v) is 14.9. The molecule has 2 aromatic heterocycles. The Morgan fingerprint density at radius 2 is 1.88 bits per heavy atom. The molecule has 0 saturated carbocycles. The van der Waals surface area contributed by atoms with Gasteiger partial charge in [-0.25, -0.2) is 0 Å². The molecule has 6 heteroatoms. The van der Waals surface area contributed by atoms with Crippen LogP contribution in [0.25, 0.3) is 33.8 Å². The highest BCUT2D eigenvalue weighted by Crippen LogP contribution is 2.36. The maximum atomic E-state index is 10.1. The molecule has 0 atom stereocenters. The molecule has 0 aliphatic heterocycles. The Labute approximate surface area is 152 Å². The Morgan fingerprint density at radius 3 is 2.68 bits per heavy atom. The summed E-state index contributed by atoms with van der Waals surface area (Å²) in [5.41, 5.74) is 4.66. The topological polar surface area (TPSA) is 74.9 Å². The minimum atomic E-state index is 0.173. The number of hydrogen-bond donors (Lipinski definition) is 2. The summed E-state index contributed by atoms with van der Waals surface area (Å²) in [5.74, 6) is 0.874. The quantitative estimate of drug-likeness (QED) is 0.501. The highest BCUT2D eigenvalue weighted by Gasteiger charge is 2.19. The van der Waals surface area contributed by atoms with Gasteiger partial charge in [0.05, 0.1) is 17.0 Å². The van der Waals surface area contributed by atoms with Crippen molar-refractivity contribution in [1.82, 2.24) is 15.4 Å². The monoisotopic (exact) mass is 395 g/mol. The molecule has 4 rings (SSSR count). The maximum Gasteiger partial charge on any atom is 0.143 e. The van der Waals surface area contributed by atoms with Gasteiger partial charge in [0.1, 0.15) is 17.2 Å². The molecule has 0 fully saturated rings. The van der Waals surface area contributed by atoms with Crippen molar-refractivity contribution in [2.45, 2.75) is 6.92 Å². The lowest BCUT2D eigenvalue weighted by molar-refractivity contribution is 0.400. The van der Waals surface area contributed by atoms with Crippen LogP contribution < -0.4 is 0 Å². The summed E-state index contributed by atoms with van der Waals surface area (Å²) in [7, 11) is 0. The summed E-state index contributed by atoms with van der Waals surface area (Å²) in [6.45, 7) is 1.87. The molecule has 2 heterocycles. The summed E-state index contributed by atoms with van der Waals surface area (Å²) in [6.07, 6.45) is 0. The highest BCUT2D eigenvalue weighted by atomic mass is 79.9. The number of nitrogens with one attached hydrogen (secondary N) is 1. The van der Waals surface area contributed by atoms with Gasteiger partial charge in [-0.15, -0.1) is 0 Å². The second-order valence-electron chi connectivity index (χ2n) is 5.66. The Bertz CT molecular complexity index is 1040. The average Bonchev–Trinajstić information content (AvgIpc) is 3.24. The SMILES string of the molecule is Cc1onc(-c2ccccc2)c1-c1cc(-c2cc(Br)ccc2O)n[nH]1. The molecule has 0 radical (unpaired) electrons. The molecule has 0 aliphatic rings. The Hall–Kier alpha value is -2.86. The molecule has 4 aromatic rings. The van der Waals surface area contributed by atoms with Crippen molar-refractivity contribution in [2.24, 2.45) is 0 Å². The van der Waals surface area contributed by atoms with Gasteiger partial charge in [0.15, 0.2) is 0 Å². The fraction of sp³-hybridized carbons (Fsp3) is 0.0526. The predicted molar refractivity (Wildman–Crippen MR) is 99.1 cm³/mol. The molecule has 0 saturated heterocycles. The molecule has 0 bridgehead atoms. The Morgan fingerprint density at radius 1 is 1.08 bits per heavy atom. The first-order valence-corrected chi connectivity index (χ1v) is 8.49. The highest BCUT2D eigenvalue weighted by molar-refractivity contribution is 9.10. The van der Waals surface area contributed by atoms with E-state index in [4.69, 9.17) is 4.52 Å². The molecule has 2 N–H and O–H groups in total. The van der Waals surface area contributed by atoms with Crippen LogP contribution in [0.15, 0.2) is 63.6 Å². The fourth-order valence-corrected chi connectivity index (χ4v) is 3.14. The van der Waals surface area contributed by atoms with E-state index in [9.17, 15) is 5.11 Å². The maximum absolute atomic E-state index is 10.1. The second kappa shape index (κ2) is 6.22. The zero-order valence-electron chi connectivity index (χ0n) is 13.3. The van der Waals surface area contributed by atoms with Crippen molar-refractivity contribution >= 4 is 15.9 Å². The van der Waals surface area contributed by atoms with Gasteiger partial charge in [-0.3, -0.25) is 5.10 Å². The first-order chi connectivity index (χ1) is 12.1. The van der Waals surface area contributed by atoms with Crippen LogP contribution in [0.4, 0.5) is 0 Å². The van der Waals surface area contributed by atoms with E-state index in [0.717, 1.165) is 27.0 Å². The number of aromatic nitrogens is 3. The van der Waals surface area contributed by atoms with Crippen molar-refractivity contribution in [3.63, 3.8) is 0 Å². The summed E-state index contributed by atoms with van der Waals surface area (Å²) in [4.78, 5) is 0. The van der Waals surface area contributed by atoms with E-state index in [1.165, 1.54) is 0 Å². The van der Waals surface area contributed by atoms with Gasteiger partial charge >= 0.3 is 0 Å². The van der Waals surface area contributed by atoms with Crippen molar-refractivity contribution in [2.75, 3.05) is 0 Å². The molecule has 0 amide bonds. The molecule has 0 unspecified atom stereocenters. The van der Waals surface area contributed by atoms with E-state index in [-0.39, 0.29) is 5.75 Å². The van der Waals surface area contributed by atoms with Crippen LogP contribution in [0.5, 0.6) is 5.75 Å². The predicted octanol–water partition coefficient (Wildman–Crippen LogP) is 5.18. The van der Waals surface area contributed by atoms with E-state index in [2.05, 4.69) is 31.3 Å². The van der Waals surface area contributed by atoms with Gasteiger partial charge in [-0.2, -0.15) is 5.10 Å². The van der Waals surface area contributed by atoms with E-state index >= 15 is 0 Å². The second-order valence-corrected chi connectivity index (χ2v) is 6.57. The number of aromatic hydroxyl groups is 1. The van der Waals surface area contributed by atoms with Gasteiger partial charge in [0.25, 0.3) is 0 Å². The van der Waals surface area contributed by atoms with Gasteiger partial charge in [0, 0.05) is 15.6 Å². The number of benzene rings is 2. The van der Waals surface area contributed by atoms with E-state index in [1.54, 1.807) is 12.1 Å². The third-order valence-electron chi connectivity index (χ3n) is 3.99. The van der Waals surface area contributed by atoms with Crippen LogP contribution in [-0.4, -0.2) is 20.5 Å². The minimum absolute atomic E-state index is 0.173. The lowest BCUT2D eigenvalue weighted by atomic mass is 10.0. The lowest BCUT2D eigenvalue weighted by Gasteiger charge is -2.01. The number of aryl methyl sites for hydroxylation is 1. The number of aromatic amines is 1. The van der Waals surface area contributed by atoms with Crippen LogP contribution in [0.3, 0.4) is 0 Å². The van der Waals surface area contributed by atoms with Crippen LogP contribution in [0.2, 0.25) is 0 Å². The molecule has 124 valence electrons. The number of nitrogens with zero attached hydrogens (tertiary/aromatic N) is 2. The van der Waals surface area contributed by atoms with Crippen LogP contribution >= 0.6 is 15.9 Å². The third kappa shape index (κ3) is 2.85. The van der Waals surface area contributed by atoms with Gasteiger partial charge in [-0.1, -0.05) is 51.4 Å². The molecule has 2 aromatic carbocycles. The number of phenols is 1. The summed E-state index contributed by atoms with van der Waals surface area (Å²) in [6, 6.07) is 17.0. The first kappa shape index (κ1) is 15.7. The third-order valence-corrected chi connectivity index (χ3v) is 4.48. The Kier molecular flexibility index (Phi) is 3.89. The van der Waals surface area contributed by atoms with Crippen LogP contribution in [0, 0.1) is 6.92 Å². The first-order valence-electron chi connectivity index (χ1n) is 7.70. The summed E-state index contributed by atoms with van der Waals surface area (Å²) < 4.78 is 6.28. The van der Waals surface area contributed by atoms with Crippen LogP contribution in [-0.2, 0) is 0 Å². The number of rotatable bonds is 3. The van der Waals surface area contributed by atoms with Crippen molar-refractivity contribution < 1.29 is 9.63 Å². The van der Waals surface area contributed by atoms with Gasteiger partial charge in [-0.05, 0) is 31.2 Å². The average molecular weight is 396 g/mol. The molecule has 5 nitrogen and oxygen atoms in total. The van der Waals surface area contributed by atoms with E-state index < -0.39 is 0 Å². The lowest BCUT2D eigenvalue weighted by Crippen LogP contribution is -1.84. The van der Waals surface area contributed by atoms with Gasteiger partial charge in [0.2, 0.25) is 0 Å². The number of H-pyrrole nitrogens is 1. The molecule has 25 heavy (non-hydrogen) atoms. The minimum Gasteiger partial charge on any atom is -0.507 e. The number of halogens is 1. The summed E-state index contributed by atoms with van der Waals surface area (Å²) >= 11 is 3.42. The summed E-state index contributed by atoms with van der Waals surface area (Å²) in [5, 5.41) is 21.7. The smallest absolute Gasteiger partial charge is 0.143 e. The zero-order chi connectivity index (χ0) is 17.4.